The van der Waals surface area contributed by atoms with Crippen molar-refractivity contribution < 1.29 is 14.3 Å². The normalized spacial score (nSPS) is 10.3. The second kappa shape index (κ2) is 10.1. The predicted octanol–water partition coefficient (Wildman–Crippen LogP) is 3.79. The van der Waals surface area contributed by atoms with Crippen molar-refractivity contribution in [3.8, 4) is 11.5 Å². The number of hydrogen-bond donors (Lipinski definition) is 2. The van der Waals surface area contributed by atoms with Gasteiger partial charge >= 0.3 is 0 Å². The average Bonchev–Trinajstić information content (AvgIpc) is 2.78. The maximum absolute atomic E-state index is 12.3. The first-order valence-corrected chi connectivity index (χ1v) is 9.41. The minimum absolute atomic E-state index is 0.254. The van der Waals surface area contributed by atoms with E-state index < -0.39 is 0 Å². The van der Waals surface area contributed by atoms with Crippen molar-refractivity contribution in [2.75, 3.05) is 30.9 Å². The van der Waals surface area contributed by atoms with Crippen LogP contribution in [0.3, 0.4) is 0 Å². The molecular weight excluding hydrogens is 368 g/mol. The summed E-state index contributed by atoms with van der Waals surface area (Å²) in [4.78, 5) is 20.7. The zero-order valence-electron chi connectivity index (χ0n) is 16.5. The molecule has 0 saturated carbocycles. The summed E-state index contributed by atoms with van der Waals surface area (Å²) in [6, 6.07) is 15.1. The lowest BCUT2D eigenvalue weighted by Crippen LogP contribution is -2.16. The van der Waals surface area contributed by atoms with Gasteiger partial charge in [0.15, 0.2) is 0 Å². The van der Waals surface area contributed by atoms with Crippen LogP contribution in [0.5, 0.6) is 11.5 Å². The fraction of sp³-hybridized carbons (Fsp3) is 0.227. The highest BCUT2D eigenvalue weighted by molar-refractivity contribution is 6.02. The number of methoxy groups -OCH3 is 1. The molecule has 3 rings (SSSR count). The molecule has 7 heteroatoms. The topological polar surface area (TPSA) is 85.4 Å². The van der Waals surface area contributed by atoms with E-state index in [0.29, 0.717) is 19.0 Å². The standard InChI is InChI=1S/C22H24N4O3/c1-3-16-4-6-17(7-5-16)26-22(27)20-14-25-21(15-24-20)23-12-13-29-19-10-8-18(28-2)9-11-19/h4-11,14-15H,3,12-13H2,1-2H3,(H,23,25)(H,26,27). The zero-order chi connectivity index (χ0) is 20.5. The van der Waals surface area contributed by atoms with Crippen molar-refractivity contribution in [1.29, 1.82) is 0 Å². The number of aryl methyl sites for hydroxylation is 1. The van der Waals surface area contributed by atoms with Gasteiger partial charge < -0.3 is 20.1 Å². The predicted molar refractivity (Wildman–Crippen MR) is 113 cm³/mol. The van der Waals surface area contributed by atoms with E-state index in [9.17, 15) is 4.79 Å². The second-order valence-electron chi connectivity index (χ2n) is 6.24. The molecule has 1 aromatic heterocycles. The number of carbonyl (C=O) groups is 1. The number of ether oxygens (including phenoxy) is 2. The van der Waals surface area contributed by atoms with Gasteiger partial charge in [-0.25, -0.2) is 9.97 Å². The monoisotopic (exact) mass is 392 g/mol. The van der Waals surface area contributed by atoms with E-state index in [0.717, 1.165) is 23.6 Å². The molecule has 150 valence electrons. The summed E-state index contributed by atoms with van der Waals surface area (Å²) >= 11 is 0. The molecule has 0 fully saturated rings. The highest BCUT2D eigenvalue weighted by atomic mass is 16.5. The van der Waals surface area contributed by atoms with Crippen LogP contribution in [0.15, 0.2) is 60.9 Å². The first-order valence-electron chi connectivity index (χ1n) is 9.41. The molecule has 0 aliphatic rings. The quantitative estimate of drug-likeness (QED) is 0.539. The molecule has 7 nitrogen and oxygen atoms in total. The summed E-state index contributed by atoms with van der Waals surface area (Å²) in [5.41, 5.74) is 2.20. The maximum Gasteiger partial charge on any atom is 0.275 e. The van der Waals surface area contributed by atoms with Crippen molar-refractivity contribution in [3.63, 3.8) is 0 Å². The Balaban J connectivity index is 1.44. The van der Waals surface area contributed by atoms with Gasteiger partial charge in [0, 0.05) is 5.69 Å². The zero-order valence-corrected chi connectivity index (χ0v) is 16.5. The lowest BCUT2D eigenvalue weighted by atomic mass is 10.1. The van der Waals surface area contributed by atoms with Crippen LogP contribution in [0.4, 0.5) is 11.5 Å². The van der Waals surface area contributed by atoms with Crippen LogP contribution in [-0.4, -0.2) is 36.1 Å². The number of nitrogens with one attached hydrogen (secondary N) is 2. The van der Waals surface area contributed by atoms with Crippen LogP contribution >= 0.6 is 0 Å². The van der Waals surface area contributed by atoms with Gasteiger partial charge in [0.05, 0.1) is 26.0 Å². The largest absolute Gasteiger partial charge is 0.497 e. The minimum atomic E-state index is -0.295. The molecule has 0 radical (unpaired) electrons. The molecule has 0 atom stereocenters. The fourth-order valence-corrected chi connectivity index (χ4v) is 2.58. The maximum atomic E-state index is 12.3. The molecule has 29 heavy (non-hydrogen) atoms. The average molecular weight is 392 g/mol. The molecule has 2 N–H and O–H groups in total. The summed E-state index contributed by atoms with van der Waals surface area (Å²) in [5.74, 6) is 1.83. The highest BCUT2D eigenvalue weighted by Crippen LogP contribution is 2.17. The number of anilines is 2. The molecule has 1 heterocycles. The number of rotatable bonds is 9. The molecule has 2 aromatic carbocycles. The molecule has 0 unspecified atom stereocenters. The first-order chi connectivity index (χ1) is 14.2. The Kier molecular flexibility index (Phi) is 7.00. The van der Waals surface area contributed by atoms with Crippen LogP contribution in [0.25, 0.3) is 0 Å². The molecule has 1 amide bonds. The van der Waals surface area contributed by atoms with Gasteiger partial charge in [0.25, 0.3) is 5.91 Å². The van der Waals surface area contributed by atoms with Gasteiger partial charge in [-0.2, -0.15) is 0 Å². The van der Waals surface area contributed by atoms with E-state index in [4.69, 9.17) is 9.47 Å². The van der Waals surface area contributed by atoms with Gasteiger partial charge in [0.1, 0.15) is 29.6 Å². The Bertz CT molecular complexity index is 910. The van der Waals surface area contributed by atoms with Gasteiger partial charge in [-0.3, -0.25) is 4.79 Å². The minimum Gasteiger partial charge on any atom is -0.497 e. The molecular formula is C22H24N4O3. The van der Waals surface area contributed by atoms with E-state index in [-0.39, 0.29) is 11.6 Å². The molecule has 0 spiro atoms. The van der Waals surface area contributed by atoms with Crippen molar-refractivity contribution >= 4 is 17.4 Å². The van der Waals surface area contributed by atoms with Crippen LogP contribution in [0.1, 0.15) is 23.0 Å². The van der Waals surface area contributed by atoms with Crippen LogP contribution in [0.2, 0.25) is 0 Å². The Morgan fingerprint density at radius 1 is 0.966 bits per heavy atom. The van der Waals surface area contributed by atoms with Crippen molar-refractivity contribution in [2.45, 2.75) is 13.3 Å². The van der Waals surface area contributed by atoms with Crippen molar-refractivity contribution in [3.05, 3.63) is 72.2 Å². The third kappa shape index (κ3) is 5.93. The van der Waals surface area contributed by atoms with Gasteiger partial charge in [0.2, 0.25) is 0 Å². The van der Waals surface area contributed by atoms with E-state index in [1.807, 2.05) is 48.5 Å². The number of carbonyl (C=O) groups excluding carboxylic acids is 1. The highest BCUT2D eigenvalue weighted by Gasteiger charge is 2.08. The van der Waals surface area contributed by atoms with Crippen molar-refractivity contribution in [2.24, 2.45) is 0 Å². The first kappa shape index (κ1) is 20.1. The molecule has 0 aliphatic heterocycles. The van der Waals surface area contributed by atoms with Crippen LogP contribution in [-0.2, 0) is 6.42 Å². The smallest absolute Gasteiger partial charge is 0.275 e. The lowest BCUT2D eigenvalue weighted by Gasteiger charge is -2.09. The second-order valence-corrected chi connectivity index (χ2v) is 6.24. The third-order valence-electron chi connectivity index (χ3n) is 4.24. The van der Waals surface area contributed by atoms with E-state index in [2.05, 4.69) is 27.5 Å². The van der Waals surface area contributed by atoms with Crippen molar-refractivity contribution in [1.82, 2.24) is 9.97 Å². The molecule has 0 saturated heterocycles. The van der Waals surface area contributed by atoms with E-state index in [1.54, 1.807) is 7.11 Å². The summed E-state index contributed by atoms with van der Waals surface area (Å²) in [6.07, 6.45) is 3.93. The summed E-state index contributed by atoms with van der Waals surface area (Å²) < 4.78 is 10.8. The Labute approximate surface area is 170 Å². The van der Waals surface area contributed by atoms with Crippen LogP contribution in [0, 0.1) is 0 Å². The number of nitrogens with zero attached hydrogens (tertiary/aromatic N) is 2. The SMILES string of the molecule is CCc1ccc(NC(=O)c2cnc(NCCOc3ccc(OC)cc3)cn2)cc1. The Morgan fingerprint density at radius 3 is 2.31 bits per heavy atom. The summed E-state index contributed by atoms with van der Waals surface area (Å²) in [7, 11) is 1.62. The Hall–Kier alpha value is -3.61. The Morgan fingerprint density at radius 2 is 1.69 bits per heavy atom. The fourth-order valence-electron chi connectivity index (χ4n) is 2.58. The van der Waals surface area contributed by atoms with Crippen LogP contribution < -0.4 is 20.1 Å². The number of amides is 1. The summed E-state index contributed by atoms with van der Waals surface area (Å²) in [6.45, 7) is 3.10. The number of aromatic nitrogens is 2. The number of hydrogen-bond acceptors (Lipinski definition) is 6. The summed E-state index contributed by atoms with van der Waals surface area (Å²) in [5, 5.41) is 5.93. The lowest BCUT2D eigenvalue weighted by molar-refractivity contribution is 0.102. The van der Waals surface area contributed by atoms with E-state index in [1.165, 1.54) is 18.0 Å². The van der Waals surface area contributed by atoms with Gasteiger partial charge in [-0.1, -0.05) is 19.1 Å². The van der Waals surface area contributed by atoms with Gasteiger partial charge in [-0.05, 0) is 48.4 Å². The third-order valence-corrected chi connectivity index (χ3v) is 4.24. The molecule has 0 bridgehead atoms. The molecule has 3 aromatic rings. The number of benzene rings is 2. The van der Waals surface area contributed by atoms with E-state index >= 15 is 0 Å². The molecule has 0 aliphatic carbocycles. The van der Waals surface area contributed by atoms with Gasteiger partial charge in [-0.15, -0.1) is 0 Å².